The number of nitriles is 1. The van der Waals surface area contributed by atoms with Crippen molar-refractivity contribution in [2.75, 3.05) is 12.0 Å². The molecule has 0 saturated heterocycles. The van der Waals surface area contributed by atoms with Crippen LogP contribution in [0.4, 0.5) is 5.95 Å². The minimum absolute atomic E-state index is 0.0586. The Balaban J connectivity index is 1.98. The predicted molar refractivity (Wildman–Crippen MR) is 95.1 cm³/mol. The van der Waals surface area contributed by atoms with Crippen LogP contribution in [-0.2, 0) is 9.59 Å². The van der Waals surface area contributed by atoms with E-state index in [0.717, 1.165) is 22.6 Å². The molecule has 27 heavy (non-hydrogen) atoms. The number of carbonyl (C=O) groups excluding carboxylic acids is 2. The summed E-state index contributed by atoms with van der Waals surface area (Å²) < 4.78 is 5.22. The van der Waals surface area contributed by atoms with Crippen LogP contribution in [0, 0.1) is 11.3 Å². The molecule has 4 rings (SSSR count). The first-order valence-corrected chi connectivity index (χ1v) is 7.79. The summed E-state index contributed by atoms with van der Waals surface area (Å²) in [6, 6.07) is 7.11. The maximum Gasteiger partial charge on any atom is 0.270 e. The van der Waals surface area contributed by atoms with Gasteiger partial charge in [0, 0.05) is 34.8 Å². The van der Waals surface area contributed by atoms with Gasteiger partial charge in [-0.2, -0.15) is 5.26 Å². The molecule has 9 nitrogen and oxygen atoms in total. The van der Waals surface area contributed by atoms with Crippen LogP contribution in [0.25, 0.3) is 22.2 Å². The average Bonchev–Trinajstić information content (AvgIpc) is 3.23. The first kappa shape index (κ1) is 16.3. The number of aromatic amines is 2. The Morgan fingerprint density at radius 3 is 2.59 bits per heavy atom. The van der Waals surface area contributed by atoms with Gasteiger partial charge in [-0.05, 0) is 18.2 Å². The van der Waals surface area contributed by atoms with Crippen LogP contribution < -0.4 is 15.2 Å². The number of carbonyl (C=O) groups is 2. The number of hydrogen-bond donors (Lipinski definition) is 2. The number of methoxy groups -OCH3 is 1. The first-order valence-electron chi connectivity index (χ1n) is 7.79. The van der Waals surface area contributed by atoms with E-state index in [0.29, 0.717) is 16.7 Å². The van der Waals surface area contributed by atoms with Crippen molar-refractivity contribution in [1.82, 2.24) is 15.0 Å². The van der Waals surface area contributed by atoms with Crippen molar-refractivity contribution in [2.45, 2.75) is 0 Å². The number of nitrogens with zero attached hydrogens (tertiary/aromatic N) is 3. The van der Waals surface area contributed by atoms with Crippen molar-refractivity contribution in [1.29, 1.82) is 5.26 Å². The third kappa shape index (κ3) is 2.47. The summed E-state index contributed by atoms with van der Waals surface area (Å²) in [4.78, 5) is 46.6. The maximum absolute atomic E-state index is 12.4. The smallest absolute Gasteiger partial charge is 0.270 e. The highest BCUT2D eigenvalue weighted by Crippen LogP contribution is 2.32. The molecule has 2 amide bonds. The van der Waals surface area contributed by atoms with Crippen LogP contribution in [0.3, 0.4) is 0 Å². The number of anilines is 1. The summed E-state index contributed by atoms with van der Waals surface area (Å²) >= 11 is 0. The third-order valence-corrected chi connectivity index (χ3v) is 4.18. The van der Waals surface area contributed by atoms with Gasteiger partial charge >= 0.3 is 0 Å². The fourth-order valence-corrected chi connectivity index (χ4v) is 2.90. The van der Waals surface area contributed by atoms with Crippen molar-refractivity contribution < 1.29 is 14.3 Å². The van der Waals surface area contributed by atoms with Crippen LogP contribution in [0.15, 0.2) is 41.3 Å². The zero-order chi connectivity index (χ0) is 19.1. The van der Waals surface area contributed by atoms with Gasteiger partial charge < -0.3 is 9.72 Å². The summed E-state index contributed by atoms with van der Waals surface area (Å²) in [7, 11) is 1.52. The lowest BCUT2D eigenvalue weighted by molar-refractivity contribution is -0.120. The highest BCUT2D eigenvalue weighted by Gasteiger charge is 2.29. The molecule has 3 aromatic rings. The Kier molecular flexibility index (Phi) is 3.60. The second kappa shape index (κ2) is 5.96. The van der Waals surface area contributed by atoms with E-state index in [1.807, 2.05) is 6.07 Å². The molecule has 1 aliphatic heterocycles. The Morgan fingerprint density at radius 1 is 1.19 bits per heavy atom. The number of nitrogens with one attached hydrogen (secondary N) is 2. The normalized spacial score (nSPS) is 13.4. The van der Waals surface area contributed by atoms with Crippen LogP contribution in [0.1, 0.15) is 5.56 Å². The first-order chi connectivity index (χ1) is 13.0. The molecule has 2 N–H and O–H groups in total. The third-order valence-electron chi connectivity index (χ3n) is 4.18. The van der Waals surface area contributed by atoms with Gasteiger partial charge in [0.1, 0.15) is 17.4 Å². The second-order valence-electron chi connectivity index (χ2n) is 5.68. The molecule has 0 unspecified atom stereocenters. The van der Waals surface area contributed by atoms with Gasteiger partial charge in [0.15, 0.2) is 0 Å². The van der Waals surface area contributed by atoms with Gasteiger partial charge in [0.05, 0.1) is 12.8 Å². The molecular weight excluding hydrogens is 350 g/mol. The number of imide groups is 1. The lowest BCUT2D eigenvalue weighted by atomic mass is 10.1. The highest BCUT2D eigenvalue weighted by atomic mass is 16.5. The van der Waals surface area contributed by atoms with E-state index in [2.05, 4.69) is 15.0 Å². The monoisotopic (exact) mass is 361 g/mol. The van der Waals surface area contributed by atoms with Gasteiger partial charge in [0.2, 0.25) is 5.95 Å². The fourth-order valence-electron chi connectivity index (χ4n) is 2.90. The Bertz CT molecular complexity index is 1230. The number of H-pyrrole nitrogens is 2. The van der Waals surface area contributed by atoms with E-state index in [1.54, 1.807) is 24.4 Å². The lowest BCUT2D eigenvalue weighted by Gasteiger charge is -2.13. The van der Waals surface area contributed by atoms with E-state index in [1.165, 1.54) is 7.11 Å². The number of fused-ring (bicyclic) bond motifs is 1. The molecule has 0 fully saturated rings. The lowest BCUT2D eigenvalue weighted by Crippen LogP contribution is -2.33. The molecule has 0 radical (unpaired) electrons. The van der Waals surface area contributed by atoms with Crippen molar-refractivity contribution in [3.8, 4) is 23.1 Å². The van der Waals surface area contributed by atoms with E-state index in [9.17, 15) is 19.6 Å². The summed E-state index contributed by atoms with van der Waals surface area (Å²) in [6.07, 6.45) is 3.76. The van der Waals surface area contributed by atoms with Crippen LogP contribution in [0.2, 0.25) is 0 Å². The summed E-state index contributed by atoms with van der Waals surface area (Å²) in [5, 5.41) is 10.1. The summed E-state index contributed by atoms with van der Waals surface area (Å²) in [5.74, 6) is -0.911. The van der Waals surface area contributed by atoms with Crippen molar-refractivity contribution in [3.05, 3.63) is 52.5 Å². The van der Waals surface area contributed by atoms with E-state index in [-0.39, 0.29) is 17.2 Å². The molecule has 132 valence electrons. The molecular formula is C18H11N5O4. The summed E-state index contributed by atoms with van der Waals surface area (Å²) in [6.45, 7) is 0. The Morgan fingerprint density at radius 2 is 1.93 bits per heavy atom. The quantitative estimate of drug-likeness (QED) is 0.674. The SMILES string of the molecule is COc1ccc2[nH]cc(-c3nc(N4C(=O)C=CC4=O)[nH]c(=O)c3C#N)c2c1. The molecule has 0 aliphatic carbocycles. The molecule has 0 bridgehead atoms. The molecule has 0 atom stereocenters. The minimum atomic E-state index is -0.748. The van der Waals surface area contributed by atoms with E-state index in [4.69, 9.17) is 4.74 Å². The molecule has 0 saturated carbocycles. The Labute approximate surface area is 151 Å². The fraction of sp³-hybridized carbons (Fsp3) is 0.0556. The molecule has 1 aliphatic rings. The van der Waals surface area contributed by atoms with Crippen molar-refractivity contribution in [3.63, 3.8) is 0 Å². The van der Waals surface area contributed by atoms with Gasteiger partial charge in [-0.15, -0.1) is 0 Å². The van der Waals surface area contributed by atoms with Crippen molar-refractivity contribution >= 4 is 28.7 Å². The number of hydrogen-bond acceptors (Lipinski definition) is 6. The zero-order valence-electron chi connectivity index (χ0n) is 13.9. The van der Waals surface area contributed by atoms with Crippen LogP contribution in [-0.4, -0.2) is 33.9 Å². The summed E-state index contributed by atoms with van der Waals surface area (Å²) in [5.41, 5.74) is 0.299. The molecule has 9 heteroatoms. The minimum Gasteiger partial charge on any atom is -0.497 e. The molecule has 0 spiro atoms. The second-order valence-corrected chi connectivity index (χ2v) is 5.68. The van der Waals surface area contributed by atoms with Crippen molar-refractivity contribution in [2.24, 2.45) is 0 Å². The number of ether oxygens (including phenoxy) is 1. The van der Waals surface area contributed by atoms with Crippen LogP contribution in [0.5, 0.6) is 5.75 Å². The number of amides is 2. The molecule has 1 aromatic carbocycles. The van der Waals surface area contributed by atoms with E-state index >= 15 is 0 Å². The van der Waals surface area contributed by atoms with Gasteiger partial charge in [-0.1, -0.05) is 0 Å². The van der Waals surface area contributed by atoms with E-state index < -0.39 is 17.4 Å². The Hall–Kier alpha value is -4.19. The topological polar surface area (TPSA) is 132 Å². The van der Waals surface area contributed by atoms with Crippen LogP contribution >= 0.6 is 0 Å². The molecule has 2 aromatic heterocycles. The van der Waals surface area contributed by atoms with Gasteiger partial charge in [-0.3, -0.25) is 19.4 Å². The predicted octanol–water partition coefficient (Wildman–Crippen LogP) is 1.23. The highest BCUT2D eigenvalue weighted by molar-refractivity contribution is 6.27. The van der Waals surface area contributed by atoms with Gasteiger partial charge in [0.25, 0.3) is 17.4 Å². The number of aromatic nitrogens is 3. The average molecular weight is 361 g/mol. The largest absolute Gasteiger partial charge is 0.497 e. The number of rotatable bonds is 3. The maximum atomic E-state index is 12.4. The molecule has 3 heterocycles. The number of benzene rings is 1. The zero-order valence-corrected chi connectivity index (χ0v) is 13.9. The standard InChI is InChI=1S/C18H11N5O4/c1-27-9-2-3-13-10(6-9)12(8-20-13)16-11(7-19)17(26)22-18(21-16)23-14(24)4-5-15(23)25/h2-6,8,20H,1H3,(H,21,22,26). The van der Waals surface area contributed by atoms with Gasteiger partial charge in [-0.25, -0.2) is 9.88 Å².